The van der Waals surface area contributed by atoms with E-state index in [2.05, 4.69) is 5.32 Å². The Labute approximate surface area is 110 Å². The fourth-order valence-electron chi connectivity index (χ4n) is 3.00. The summed E-state index contributed by atoms with van der Waals surface area (Å²) in [5, 5.41) is 3.34. The summed E-state index contributed by atoms with van der Waals surface area (Å²) < 4.78 is 31.6. The van der Waals surface area contributed by atoms with Crippen LogP contribution in [0.3, 0.4) is 0 Å². The van der Waals surface area contributed by atoms with E-state index in [0.717, 1.165) is 13.1 Å². The molecule has 0 aliphatic carbocycles. The standard InChI is InChI=1S/C12H24N2O3S/c1-9(2)17-4-5-18(15,16)14-8-11-6-13-7-12(11)10(14)3/h9-13H,4-8H2,1-3H3. The Hall–Kier alpha value is -0.170. The second-order valence-corrected chi connectivity index (χ2v) is 7.67. The van der Waals surface area contributed by atoms with E-state index < -0.39 is 10.0 Å². The van der Waals surface area contributed by atoms with Gasteiger partial charge in [0.25, 0.3) is 0 Å². The second kappa shape index (κ2) is 5.45. The van der Waals surface area contributed by atoms with Gasteiger partial charge in [0.15, 0.2) is 0 Å². The molecule has 2 aliphatic rings. The lowest BCUT2D eigenvalue weighted by atomic mass is 9.95. The summed E-state index contributed by atoms with van der Waals surface area (Å²) in [6, 6.07) is 0.119. The van der Waals surface area contributed by atoms with Crippen molar-refractivity contribution in [1.82, 2.24) is 9.62 Å². The van der Waals surface area contributed by atoms with E-state index in [-0.39, 0.29) is 24.5 Å². The lowest BCUT2D eigenvalue weighted by Crippen LogP contribution is -2.40. The molecule has 18 heavy (non-hydrogen) atoms. The lowest BCUT2D eigenvalue weighted by Gasteiger charge is -2.24. The van der Waals surface area contributed by atoms with Gasteiger partial charge in [-0.25, -0.2) is 8.42 Å². The number of ether oxygens (including phenoxy) is 1. The van der Waals surface area contributed by atoms with Gasteiger partial charge in [-0.05, 0) is 45.7 Å². The molecule has 2 heterocycles. The van der Waals surface area contributed by atoms with Crippen molar-refractivity contribution in [2.75, 3.05) is 32.0 Å². The zero-order valence-electron chi connectivity index (χ0n) is 11.4. The SMILES string of the molecule is CC(C)OCCS(=O)(=O)N1CC2CNCC2C1C. The molecule has 0 aromatic rings. The van der Waals surface area contributed by atoms with Gasteiger partial charge in [0, 0.05) is 12.6 Å². The van der Waals surface area contributed by atoms with E-state index in [1.807, 2.05) is 20.8 Å². The van der Waals surface area contributed by atoms with Crippen LogP contribution in [0.25, 0.3) is 0 Å². The zero-order chi connectivity index (χ0) is 13.3. The molecule has 1 N–H and O–H groups in total. The highest BCUT2D eigenvalue weighted by molar-refractivity contribution is 7.89. The van der Waals surface area contributed by atoms with E-state index in [9.17, 15) is 8.42 Å². The predicted octanol–water partition coefficient (Wildman–Crippen LogP) is 0.281. The summed E-state index contributed by atoms with van der Waals surface area (Å²) in [7, 11) is -3.17. The first kappa shape index (κ1) is 14.2. The van der Waals surface area contributed by atoms with Gasteiger partial charge < -0.3 is 10.1 Å². The zero-order valence-corrected chi connectivity index (χ0v) is 12.2. The van der Waals surface area contributed by atoms with Gasteiger partial charge in [0.05, 0.1) is 18.5 Å². The van der Waals surface area contributed by atoms with Crippen molar-refractivity contribution >= 4 is 10.0 Å². The van der Waals surface area contributed by atoms with Crippen molar-refractivity contribution in [2.45, 2.75) is 32.9 Å². The summed E-state index contributed by atoms with van der Waals surface area (Å²) in [5.74, 6) is 1.06. The molecule has 6 heteroatoms. The van der Waals surface area contributed by atoms with Crippen molar-refractivity contribution in [1.29, 1.82) is 0 Å². The fraction of sp³-hybridized carbons (Fsp3) is 1.00. The average Bonchev–Trinajstić information content (AvgIpc) is 2.81. The Morgan fingerprint density at radius 1 is 1.39 bits per heavy atom. The van der Waals surface area contributed by atoms with Gasteiger partial charge in [-0.1, -0.05) is 0 Å². The Kier molecular flexibility index (Phi) is 4.31. The highest BCUT2D eigenvalue weighted by Gasteiger charge is 2.46. The number of fused-ring (bicyclic) bond motifs is 1. The molecular formula is C12H24N2O3S. The Bertz CT molecular complexity index is 383. The van der Waals surface area contributed by atoms with Crippen molar-refractivity contribution in [3.05, 3.63) is 0 Å². The van der Waals surface area contributed by atoms with Gasteiger partial charge in [-0.3, -0.25) is 0 Å². The van der Waals surface area contributed by atoms with Crippen LogP contribution in [-0.2, 0) is 14.8 Å². The number of rotatable bonds is 5. The molecule has 0 amide bonds. The maximum absolute atomic E-state index is 12.3. The molecule has 0 spiro atoms. The minimum atomic E-state index is -3.17. The van der Waals surface area contributed by atoms with Crippen LogP contribution in [-0.4, -0.2) is 56.9 Å². The van der Waals surface area contributed by atoms with E-state index in [0.29, 0.717) is 18.4 Å². The molecule has 3 unspecified atom stereocenters. The third-order valence-electron chi connectivity index (χ3n) is 4.03. The minimum absolute atomic E-state index is 0.0831. The molecule has 0 aromatic heterocycles. The molecule has 106 valence electrons. The molecule has 0 aromatic carbocycles. The molecule has 3 atom stereocenters. The molecule has 2 fully saturated rings. The minimum Gasteiger partial charge on any atom is -0.378 e. The van der Waals surface area contributed by atoms with Crippen LogP contribution in [0.5, 0.6) is 0 Å². The van der Waals surface area contributed by atoms with E-state index in [1.54, 1.807) is 4.31 Å². The van der Waals surface area contributed by atoms with Crippen LogP contribution in [0, 0.1) is 11.8 Å². The molecular weight excluding hydrogens is 252 g/mol. The summed E-state index contributed by atoms with van der Waals surface area (Å²) in [6.07, 6.45) is 0.0831. The van der Waals surface area contributed by atoms with Crippen LogP contribution in [0.4, 0.5) is 0 Å². The first-order chi connectivity index (χ1) is 8.42. The maximum Gasteiger partial charge on any atom is 0.216 e. The smallest absolute Gasteiger partial charge is 0.216 e. The Morgan fingerprint density at radius 3 is 2.72 bits per heavy atom. The molecule has 0 bridgehead atoms. The van der Waals surface area contributed by atoms with E-state index >= 15 is 0 Å². The highest BCUT2D eigenvalue weighted by atomic mass is 32.2. The summed E-state index contributed by atoms with van der Waals surface area (Å²) in [4.78, 5) is 0. The van der Waals surface area contributed by atoms with E-state index in [4.69, 9.17) is 4.74 Å². The Balaban J connectivity index is 1.94. The fourth-order valence-corrected chi connectivity index (χ4v) is 4.62. The van der Waals surface area contributed by atoms with Crippen molar-refractivity contribution in [2.24, 2.45) is 11.8 Å². The van der Waals surface area contributed by atoms with Gasteiger partial charge >= 0.3 is 0 Å². The average molecular weight is 276 g/mol. The number of hydrogen-bond donors (Lipinski definition) is 1. The monoisotopic (exact) mass is 276 g/mol. The van der Waals surface area contributed by atoms with Crippen molar-refractivity contribution in [3.8, 4) is 0 Å². The number of nitrogens with zero attached hydrogens (tertiary/aromatic N) is 1. The molecule has 0 radical (unpaired) electrons. The van der Waals surface area contributed by atoms with Crippen molar-refractivity contribution < 1.29 is 13.2 Å². The van der Waals surface area contributed by atoms with Crippen LogP contribution in [0.2, 0.25) is 0 Å². The molecule has 5 nitrogen and oxygen atoms in total. The van der Waals surface area contributed by atoms with Gasteiger partial charge in [-0.2, -0.15) is 4.31 Å². The quantitative estimate of drug-likeness (QED) is 0.783. The third kappa shape index (κ3) is 2.87. The van der Waals surface area contributed by atoms with Crippen LogP contribution in [0.1, 0.15) is 20.8 Å². The van der Waals surface area contributed by atoms with Gasteiger partial charge in [0.2, 0.25) is 10.0 Å². The highest BCUT2D eigenvalue weighted by Crippen LogP contribution is 2.34. The molecule has 2 saturated heterocycles. The van der Waals surface area contributed by atoms with Crippen molar-refractivity contribution in [3.63, 3.8) is 0 Å². The van der Waals surface area contributed by atoms with Crippen LogP contribution in [0.15, 0.2) is 0 Å². The summed E-state index contributed by atoms with van der Waals surface area (Å²) >= 11 is 0. The molecule has 2 rings (SSSR count). The predicted molar refractivity (Wildman–Crippen MR) is 70.9 cm³/mol. The van der Waals surface area contributed by atoms with Crippen LogP contribution < -0.4 is 5.32 Å². The van der Waals surface area contributed by atoms with Gasteiger partial charge in [0.1, 0.15) is 0 Å². The Morgan fingerprint density at radius 2 is 2.11 bits per heavy atom. The largest absolute Gasteiger partial charge is 0.378 e. The maximum atomic E-state index is 12.3. The third-order valence-corrected chi connectivity index (χ3v) is 5.91. The first-order valence-corrected chi connectivity index (χ1v) is 8.34. The number of nitrogens with one attached hydrogen (secondary N) is 1. The number of sulfonamides is 1. The molecule has 0 saturated carbocycles. The van der Waals surface area contributed by atoms with E-state index in [1.165, 1.54) is 0 Å². The second-order valence-electron chi connectivity index (χ2n) is 5.63. The van der Waals surface area contributed by atoms with Gasteiger partial charge in [-0.15, -0.1) is 0 Å². The lowest BCUT2D eigenvalue weighted by molar-refractivity contribution is 0.0906. The molecule has 2 aliphatic heterocycles. The topological polar surface area (TPSA) is 58.6 Å². The number of hydrogen-bond acceptors (Lipinski definition) is 4. The summed E-state index contributed by atoms with van der Waals surface area (Å²) in [6.45, 7) is 8.71. The normalized spacial score (nSPS) is 33.2. The summed E-state index contributed by atoms with van der Waals surface area (Å²) in [5.41, 5.74) is 0. The first-order valence-electron chi connectivity index (χ1n) is 6.73. The van der Waals surface area contributed by atoms with Crippen LogP contribution >= 0.6 is 0 Å².